The van der Waals surface area contributed by atoms with E-state index in [0.717, 1.165) is 0 Å². The van der Waals surface area contributed by atoms with Crippen molar-refractivity contribution in [2.24, 2.45) is 0 Å². The van der Waals surface area contributed by atoms with Crippen molar-refractivity contribution in [1.82, 2.24) is 4.90 Å². The van der Waals surface area contributed by atoms with Crippen LogP contribution in [0.3, 0.4) is 0 Å². The first-order chi connectivity index (χ1) is 9.40. The predicted octanol–water partition coefficient (Wildman–Crippen LogP) is 2.84. The molecule has 110 valence electrons. The Kier molecular flexibility index (Phi) is 4.55. The molecule has 20 heavy (non-hydrogen) atoms. The largest absolute Gasteiger partial charge is 0.401 e. The molecule has 3 nitrogen and oxygen atoms in total. The van der Waals surface area contributed by atoms with Gasteiger partial charge in [0.1, 0.15) is 0 Å². The Morgan fingerprint density at radius 2 is 1.85 bits per heavy atom. The Hall–Kier alpha value is -1.27. The highest BCUT2D eigenvalue weighted by atomic mass is 35.5. The molecule has 1 aliphatic heterocycles. The number of anilines is 1. The lowest BCUT2D eigenvalue weighted by Crippen LogP contribution is -2.49. The van der Waals surface area contributed by atoms with Crippen LogP contribution < -0.4 is 4.90 Å². The summed E-state index contributed by atoms with van der Waals surface area (Å²) in [5, 5.41) is 0.443. The van der Waals surface area contributed by atoms with Gasteiger partial charge in [-0.15, -0.1) is 0 Å². The van der Waals surface area contributed by atoms with Crippen LogP contribution in [-0.4, -0.2) is 50.1 Å². The third-order valence-electron chi connectivity index (χ3n) is 3.24. The van der Waals surface area contributed by atoms with Crippen molar-refractivity contribution in [3.05, 3.63) is 28.8 Å². The fourth-order valence-electron chi connectivity index (χ4n) is 2.34. The van der Waals surface area contributed by atoms with Crippen LogP contribution in [0, 0.1) is 0 Å². The molecule has 0 aromatic heterocycles. The molecular weight excluding hydrogens is 293 g/mol. The molecule has 0 bridgehead atoms. The summed E-state index contributed by atoms with van der Waals surface area (Å²) in [5.41, 5.74) is 1.07. The molecule has 1 aromatic rings. The highest BCUT2D eigenvalue weighted by molar-refractivity contribution is 6.33. The Morgan fingerprint density at radius 1 is 1.20 bits per heavy atom. The second kappa shape index (κ2) is 6.01. The molecule has 0 spiro atoms. The molecule has 0 unspecified atom stereocenters. The zero-order chi connectivity index (χ0) is 14.8. The van der Waals surface area contributed by atoms with E-state index in [1.165, 1.54) is 4.90 Å². The summed E-state index contributed by atoms with van der Waals surface area (Å²) in [6, 6.07) is 5.00. The topological polar surface area (TPSA) is 23.6 Å². The average Bonchev–Trinajstić information content (AvgIpc) is 2.38. The molecular formula is C13H14ClF3N2O. The van der Waals surface area contributed by atoms with Gasteiger partial charge in [-0.25, -0.2) is 0 Å². The first-order valence-electron chi connectivity index (χ1n) is 6.18. The van der Waals surface area contributed by atoms with E-state index in [1.54, 1.807) is 18.2 Å². The van der Waals surface area contributed by atoms with Crippen LogP contribution >= 0.6 is 11.6 Å². The summed E-state index contributed by atoms with van der Waals surface area (Å²) in [5.74, 6) is 0. The molecule has 1 aromatic carbocycles. The molecule has 1 saturated heterocycles. The van der Waals surface area contributed by atoms with Crippen molar-refractivity contribution in [1.29, 1.82) is 0 Å². The van der Waals surface area contributed by atoms with Gasteiger partial charge in [0.25, 0.3) is 0 Å². The first kappa shape index (κ1) is 15.1. The number of nitrogens with zero attached hydrogens (tertiary/aromatic N) is 2. The van der Waals surface area contributed by atoms with Crippen LogP contribution in [0.2, 0.25) is 5.02 Å². The molecule has 0 radical (unpaired) electrons. The number of hydrogen-bond donors (Lipinski definition) is 0. The van der Waals surface area contributed by atoms with Gasteiger partial charge >= 0.3 is 6.18 Å². The fraction of sp³-hybridized carbons (Fsp3) is 0.462. The van der Waals surface area contributed by atoms with Gasteiger partial charge in [-0.05, 0) is 12.1 Å². The standard InChI is InChI=1S/C13H14ClF3N2O/c14-11-3-1-2-10(8-20)12(11)19-6-4-18(5-7-19)9-13(15,16)17/h1-3,8H,4-7,9H2. The third kappa shape index (κ3) is 3.64. The van der Waals surface area contributed by atoms with Gasteiger partial charge in [0.05, 0.1) is 17.3 Å². The summed E-state index contributed by atoms with van der Waals surface area (Å²) in [4.78, 5) is 14.2. The van der Waals surface area contributed by atoms with Gasteiger partial charge in [-0.1, -0.05) is 17.7 Å². The molecule has 0 atom stereocenters. The highest BCUT2D eigenvalue weighted by Crippen LogP contribution is 2.30. The van der Waals surface area contributed by atoms with Crippen molar-refractivity contribution in [2.75, 3.05) is 37.6 Å². The van der Waals surface area contributed by atoms with Crippen molar-refractivity contribution < 1.29 is 18.0 Å². The van der Waals surface area contributed by atoms with Crippen molar-refractivity contribution in [2.45, 2.75) is 6.18 Å². The van der Waals surface area contributed by atoms with Crippen LogP contribution in [0.4, 0.5) is 18.9 Å². The van der Waals surface area contributed by atoms with Gasteiger partial charge in [-0.2, -0.15) is 13.2 Å². The number of carbonyl (C=O) groups is 1. The molecule has 0 N–H and O–H groups in total. The van der Waals surface area contributed by atoms with E-state index in [9.17, 15) is 18.0 Å². The second-order valence-corrected chi connectivity index (χ2v) is 5.08. The molecule has 0 saturated carbocycles. The number of alkyl halides is 3. The number of piperazine rings is 1. The van der Waals surface area contributed by atoms with Gasteiger partial charge in [-0.3, -0.25) is 9.69 Å². The van der Waals surface area contributed by atoms with Crippen LogP contribution in [0.1, 0.15) is 10.4 Å². The van der Waals surface area contributed by atoms with Gasteiger partial charge in [0, 0.05) is 31.7 Å². The molecule has 1 aliphatic rings. The Bertz CT molecular complexity index is 485. The van der Waals surface area contributed by atoms with E-state index in [0.29, 0.717) is 48.7 Å². The highest BCUT2D eigenvalue weighted by Gasteiger charge is 2.32. The van der Waals surface area contributed by atoms with E-state index >= 15 is 0 Å². The lowest BCUT2D eigenvalue weighted by Gasteiger charge is -2.37. The summed E-state index contributed by atoms with van der Waals surface area (Å²) in [6.07, 6.45) is -3.47. The second-order valence-electron chi connectivity index (χ2n) is 4.67. The van der Waals surface area contributed by atoms with E-state index in [4.69, 9.17) is 11.6 Å². The van der Waals surface area contributed by atoms with Crippen LogP contribution in [0.15, 0.2) is 18.2 Å². The Morgan fingerprint density at radius 3 is 2.40 bits per heavy atom. The fourth-order valence-corrected chi connectivity index (χ4v) is 2.65. The monoisotopic (exact) mass is 306 g/mol. The summed E-state index contributed by atoms with van der Waals surface area (Å²) < 4.78 is 37.0. The number of benzene rings is 1. The smallest absolute Gasteiger partial charge is 0.367 e. The third-order valence-corrected chi connectivity index (χ3v) is 3.54. The zero-order valence-corrected chi connectivity index (χ0v) is 11.4. The summed E-state index contributed by atoms with van der Waals surface area (Å²) in [7, 11) is 0. The SMILES string of the molecule is O=Cc1cccc(Cl)c1N1CCN(CC(F)(F)F)CC1. The minimum Gasteiger partial charge on any atom is -0.367 e. The number of carbonyl (C=O) groups excluding carboxylic acids is 1. The van der Waals surface area contributed by atoms with Crippen molar-refractivity contribution in [3.63, 3.8) is 0 Å². The van der Waals surface area contributed by atoms with E-state index in [1.807, 2.05) is 4.90 Å². The minimum absolute atomic E-state index is 0.295. The molecule has 7 heteroatoms. The molecule has 1 fully saturated rings. The Balaban J connectivity index is 2.06. The van der Waals surface area contributed by atoms with E-state index < -0.39 is 12.7 Å². The van der Waals surface area contributed by atoms with Gasteiger partial charge < -0.3 is 4.90 Å². The van der Waals surface area contributed by atoms with Crippen LogP contribution in [0.5, 0.6) is 0 Å². The average molecular weight is 307 g/mol. The lowest BCUT2D eigenvalue weighted by molar-refractivity contribution is -0.146. The quantitative estimate of drug-likeness (QED) is 0.802. The van der Waals surface area contributed by atoms with Crippen molar-refractivity contribution >= 4 is 23.6 Å². The van der Waals surface area contributed by atoms with Crippen LogP contribution in [0.25, 0.3) is 0 Å². The van der Waals surface area contributed by atoms with Crippen LogP contribution in [-0.2, 0) is 0 Å². The summed E-state index contributed by atoms with van der Waals surface area (Å²) in [6.45, 7) is 0.525. The maximum atomic E-state index is 12.3. The lowest BCUT2D eigenvalue weighted by atomic mass is 10.1. The van der Waals surface area contributed by atoms with Gasteiger partial charge in [0.2, 0.25) is 0 Å². The van der Waals surface area contributed by atoms with Crippen molar-refractivity contribution in [3.8, 4) is 0 Å². The number of para-hydroxylation sites is 1. The maximum absolute atomic E-state index is 12.3. The van der Waals surface area contributed by atoms with E-state index in [-0.39, 0.29) is 0 Å². The normalized spacial score (nSPS) is 17.3. The molecule has 0 aliphatic carbocycles. The molecule has 2 rings (SSSR count). The number of halogens is 4. The maximum Gasteiger partial charge on any atom is 0.401 e. The predicted molar refractivity (Wildman–Crippen MR) is 71.5 cm³/mol. The van der Waals surface area contributed by atoms with E-state index in [2.05, 4.69) is 0 Å². The van der Waals surface area contributed by atoms with Gasteiger partial charge in [0.15, 0.2) is 6.29 Å². The minimum atomic E-state index is -4.18. The number of rotatable bonds is 3. The first-order valence-corrected chi connectivity index (χ1v) is 6.56. The zero-order valence-electron chi connectivity index (χ0n) is 10.7. The summed E-state index contributed by atoms with van der Waals surface area (Å²) >= 11 is 6.09. The Labute approximate surface area is 119 Å². The molecule has 1 heterocycles. The number of aldehydes is 1. The number of hydrogen-bond acceptors (Lipinski definition) is 3. The molecule has 0 amide bonds.